The Kier molecular flexibility index (Phi) is 10.8. The number of halogens is 3. The average Bonchev–Trinajstić information content (AvgIpc) is 2.12. The summed E-state index contributed by atoms with van der Waals surface area (Å²) in [4.78, 5) is 0. The van der Waals surface area contributed by atoms with E-state index in [0.29, 0.717) is 5.38 Å². The van der Waals surface area contributed by atoms with Gasteiger partial charge < -0.3 is 0 Å². The van der Waals surface area contributed by atoms with Crippen molar-refractivity contribution in [1.29, 1.82) is 0 Å². The largest absolute Gasteiger partial charge is 0.127 e. The molecule has 2 unspecified atom stereocenters. The highest BCUT2D eigenvalue weighted by atomic mass is 127. The lowest BCUT2D eigenvalue weighted by Gasteiger charge is -2.11. The molecule has 0 amide bonds. The van der Waals surface area contributed by atoms with Gasteiger partial charge in [0.2, 0.25) is 0 Å². The highest BCUT2D eigenvalue weighted by molar-refractivity contribution is 14.1. The summed E-state index contributed by atoms with van der Waals surface area (Å²) in [6, 6.07) is 0. The quantitative estimate of drug-likeness (QED) is 0.432. The fourth-order valence-corrected chi connectivity index (χ4v) is 2.68. The smallest absolute Gasteiger partial charge is 0.0336 e. The molecule has 0 radical (unpaired) electrons. The second-order valence-corrected chi connectivity index (χ2v) is 6.15. The van der Waals surface area contributed by atoms with Crippen LogP contribution in [0.25, 0.3) is 0 Å². The van der Waals surface area contributed by atoms with Gasteiger partial charge in [-0.15, -0.1) is 23.2 Å². The molecule has 0 bridgehead atoms. The lowest BCUT2D eigenvalue weighted by atomic mass is 10.1. The van der Waals surface area contributed by atoms with Crippen LogP contribution in [0.4, 0.5) is 0 Å². The second kappa shape index (κ2) is 9.85. The van der Waals surface area contributed by atoms with Crippen molar-refractivity contribution in [3.63, 3.8) is 0 Å². The lowest BCUT2D eigenvalue weighted by Crippen LogP contribution is -2.04. The van der Waals surface area contributed by atoms with Crippen molar-refractivity contribution in [3.05, 3.63) is 0 Å². The maximum absolute atomic E-state index is 6.14. The van der Waals surface area contributed by atoms with E-state index in [1.807, 2.05) is 0 Å². The summed E-state index contributed by atoms with van der Waals surface area (Å²) in [6.45, 7) is 2.23. The van der Waals surface area contributed by atoms with Gasteiger partial charge in [-0.25, -0.2) is 0 Å². The first-order valence-electron chi connectivity index (χ1n) is 5.04. The van der Waals surface area contributed by atoms with E-state index in [-0.39, 0.29) is 0 Å². The van der Waals surface area contributed by atoms with Crippen LogP contribution in [0.1, 0.15) is 45.4 Å². The molecule has 0 saturated heterocycles. The van der Waals surface area contributed by atoms with Crippen LogP contribution in [0.3, 0.4) is 0 Å². The van der Waals surface area contributed by atoms with E-state index >= 15 is 0 Å². The predicted molar refractivity (Wildman–Crippen MR) is 71.5 cm³/mol. The molecule has 0 heterocycles. The summed E-state index contributed by atoms with van der Waals surface area (Å²) in [5.74, 6) is 0.742. The molecule has 2 atom stereocenters. The van der Waals surface area contributed by atoms with Crippen molar-refractivity contribution in [2.45, 2.75) is 54.8 Å². The molecule has 0 aromatic rings. The molecule has 80 valence electrons. The first-order chi connectivity index (χ1) is 6.20. The molecule has 0 aromatic heterocycles. The van der Waals surface area contributed by atoms with Crippen molar-refractivity contribution in [1.82, 2.24) is 0 Å². The van der Waals surface area contributed by atoms with Gasteiger partial charge in [0.25, 0.3) is 0 Å². The van der Waals surface area contributed by atoms with Gasteiger partial charge in [0.1, 0.15) is 0 Å². The predicted octanol–water partition coefficient (Wildman–Crippen LogP) is 5.00. The summed E-state index contributed by atoms with van der Waals surface area (Å²) < 4.78 is 0.805. The van der Waals surface area contributed by atoms with Crippen LogP contribution >= 0.6 is 45.8 Å². The van der Waals surface area contributed by atoms with Crippen molar-refractivity contribution >= 4 is 45.8 Å². The molecule has 0 aliphatic rings. The van der Waals surface area contributed by atoms with Gasteiger partial charge >= 0.3 is 0 Å². The molecular weight excluding hydrogens is 318 g/mol. The van der Waals surface area contributed by atoms with Crippen molar-refractivity contribution in [3.8, 4) is 0 Å². The number of hydrogen-bond acceptors (Lipinski definition) is 0. The molecule has 13 heavy (non-hydrogen) atoms. The summed E-state index contributed by atoms with van der Waals surface area (Å²) in [7, 11) is 0. The van der Waals surface area contributed by atoms with Crippen molar-refractivity contribution < 1.29 is 0 Å². The van der Waals surface area contributed by atoms with Gasteiger partial charge in [0.05, 0.1) is 0 Å². The zero-order valence-electron chi connectivity index (χ0n) is 8.24. The van der Waals surface area contributed by atoms with Crippen LogP contribution in [0.15, 0.2) is 0 Å². The molecule has 0 aromatic carbocycles. The first-order valence-corrected chi connectivity index (χ1v) is 7.26. The van der Waals surface area contributed by atoms with Crippen LogP contribution in [-0.2, 0) is 0 Å². The van der Waals surface area contributed by atoms with E-state index in [2.05, 4.69) is 29.5 Å². The molecule has 3 heteroatoms. The summed E-state index contributed by atoms with van der Waals surface area (Å²) in [6.07, 6.45) is 7.12. The normalized spacial score (nSPS) is 15.7. The summed E-state index contributed by atoms with van der Waals surface area (Å²) in [5.41, 5.74) is 0. The van der Waals surface area contributed by atoms with E-state index in [0.717, 1.165) is 29.1 Å². The Balaban J connectivity index is 3.29. The van der Waals surface area contributed by atoms with Gasteiger partial charge in [0.15, 0.2) is 0 Å². The zero-order chi connectivity index (χ0) is 10.1. The molecule has 0 nitrogen and oxygen atoms in total. The molecule has 0 saturated carbocycles. The Labute approximate surface area is 106 Å². The van der Waals surface area contributed by atoms with Gasteiger partial charge in [-0.1, -0.05) is 35.9 Å². The minimum atomic E-state index is 0.341. The highest BCUT2D eigenvalue weighted by Gasteiger charge is 2.08. The summed E-state index contributed by atoms with van der Waals surface area (Å²) in [5, 5.41) is 0.341. The highest BCUT2D eigenvalue weighted by Crippen LogP contribution is 2.20. The van der Waals surface area contributed by atoms with Gasteiger partial charge in [-0.3, -0.25) is 0 Å². The fraction of sp³-hybridized carbons (Fsp3) is 1.00. The van der Waals surface area contributed by atoms with Gasteiger partial charge in [-0.2, -0.15) is 0 Å². The molecule has 0 aliphatic heterocycles. The van der Waals surface area contributed by atoms with Crippen LogP contribution in [-0.4, -0.2) is 15.2 Å². The Morgan fingerprint density at radius 1 is 1.15 bits per heavy atom. The van der Waals surface area contributed by atoms with E-state index in [9.17, 15) is 0 Å². The fourth-order valence-electron chi connectivity index (χ4n) is 1.26. The zero-order valence-corrected chi connectivity index (χ0v) is 11.9. The minimum Gasteiger partial charge on any atom is -0.127 e. The van der Waals surface area contributed by atoms with Crippen molar-refractivity contribution in [2.24, 2.45) is 0 Å². The molecule has 0 rings (SSSR count). The molecule has 0 aliphatic carbocycles. The van der Waals surface area contributed by atoms with Crippen LogP contribution in [0.5, 0.6) is 0 Å². The van der Waals surface area contributed by atoms with Gasteiger partial charge in [0, 0.05) is 15.2 Å². The third kappa shape index (κ3) is 9.61. The Morgan fingerprint density at radius 3 is 2.38 bits per heavy atom. The molecular formula is C10H19Cl2I. The maximum Gasteiger partial charge on any atom is 0.0336 e. The van der Waals surface area contributed by atoms with E-state index in [1.165, 1.54) is 19.3 Å². The molecule has 0 fully saturated rings. The SMILES string of the molecule is CCCC(I)CCC(Cl)CCCCl. The maximum atomic E-state index is 6.14. The lowest BCUT2D eigenvalue weighted by molar-refractivity contribution is 0.613. The number of hydrogen-bond donors (Lipinski definition) is 0. The molecule has 0 N–H and O–H groups in total. The van der Waals surface area contributed by atoms with E-state index in [1.54, 1.807) is 0 Å². The van der Waals surface area contributed by atoms with Crippen LogP contribution in [0, 0.1) is 0 Å². The average molecular weight is 337 g/mol. The second-order valence-electron chi connectivity index (χ2n) is 3.39. The van der Waals surface area contributed by atoms with Crippen LogP contribution < -0.4 is 0 Å². The topological polar surface area (TPSA) is 0 Å². The van der Waals surface area contributed by atoms with Crippen molar-refractivity contribution in [2.75, 3.05) is 5.88 Å². The first kappa shape index (κ1) is 14.3. The van der Waals surface area contributed by atoms with E-state index in [4.69, 9.17) is 23.2 Å². The molecule has 0 spiro atoms. The number of alkyl halides is 3. The van der Waals surface area contributed by atoms with Crippen LogP contribution in [0.2, 0.25) is 0 Å². The standard InChI is InChI=1S/C10H19Cl2I/c1-2-4-10(13)7-6-9(12)5-3-8-11/h9-10H,2-8H2,1H3. The van der Waals surface area contributed by atoms with Gasteiger partial charge in [-0.05, 0) is 32.1 Å². The monoisotopic (exact) mass is 336 g/mol. The van der Waals surface area contributed by atoms with E-state index < -0.39 is 0 Å². The minimum absolute atomic E-state index is 0.341. The Bertz CT molecular complexity index is 109. The third-order valence-corrected chi connectivity index (χ3v) is 4.00. The number of rotatable bonds is 8. The Morgan fingerprint density at radius 2 is 1.85 bits per heavy atom. The third-order valence-electron chi connectivity index (χ3n) is 2.05. The Hall–Kier alpha value is 1.31. The summed E-state index contributed by atoms with van der Waals surface area (Å²) >= 11 is 14.3.